The zero-order chi connectivity index (χ0) is 19.4. The number of hydrogen-bond donors (Lipinski definition) is 2. The van der Waals surface area contributed by atoms with Crippen LogP contribution in [0, 0.1) is 13.8 Å². The van der Waals surface area contributed by atoms with Crippen LogP contribution in [0.25, 0.3) is 0 Å². The summed E-state index contributed by atoms with van der Waals surface area (Å²) in [6.45, 7) is 4.29. The number of carbonyl (C=O) groups is 1. The molecule has 0 bridgehead atoms. The van der Waals surface area contributed by atoms with Crippen LogP contribution in [-0.4, -0.2) is 17.4 Å². The highest BCUT2D eigenvalue weighted by Crippen LogP contribution is 2.26. The Bertz CT molecular complexity index is 972. The fraction of sp³-hybridized carbons (Fsp3) is 0.200. The monoisotopic (exact) mass is 419 g/mol. The SMILES string of the molecule is Cc1ccc(NCC(=O)Nc2ncc(Cc3ccc(Cl)c(Cl)c3)s2)cc1C. The molecule has 0 radical (unpaired) electrons. The van der Waals surface area contributed by atoms with Crippen molar-refractivity contribution in [1.82, 2.24) is 4.98 Å². The second-order valence-electron chi connectivity index (χ2n) is 6.26. The standard InChI is InChI=1S/C20H19Cl2N3OS/c1-12-3-5-15(7-13(12)2)23-11-19(26)25-20-24-10-16(27-20)8-14-4-6-17(21)18(22)9-14/h3-7,9-10,23H,8,11H2,1-2H3,(H,24,25,26). The van der Waals surface area contributed by atoms with E-state index in [1.54, 1.807) is 12.3 Å². The first-order valence-electron chi connectivity index (χ1n) is 8.40. The third kappa shape index (κ3) is 5.45. The van der Waals surface area contributed by atoms with Gasteiger partial charge in [0, 0.05) is 23.2 Å². The Kier molecular flexibility index (Phi) is 6.37. The van der Waals surface area contributed by atoms with Crippen LogP contribution in [0.1, 0.15) is 21.6 Å². The average Bonchev–Trinajstić information content (AvgIpc) is 3.06. The maximum atomic E-state index is 12.1. The summed E-state index contributed by atoms with van der Waals surface area (Å²) in [4.78, 5) is 17.5. The Hall–Kier alpha value is -2.08. The molecule has 0 unspecified atom stereocenters. The lowest BCUT2D eigenvalue weighted by Crippen LogP contribution is -2.21. The molecule has 1 heterocycles. The number of aromatic nitrogens is 1. The molecule has 0 atom stereocenters. The lowest BCUT2D eigenvalue weighted by atomic mass is 10.1. The van der Waals surface area contributed by atoms with Crippen LogP contribution >= 0.6 is 34.5 Å². The van der Waals surface area contributed by atoms with Crippen LogP contribution in [-0.2, 0) is 11.2 Å². The Morgan fingerprint density at radius 2 is 1.89 bits per heavy atom. The Morgan fingerprint density at radius 3 is 2.63 bits per heavy atom. The highest BCUT2D eigenvalue weighted by atomic mass is 35.5. The third-order valence-electron chi connectivity index (χ3n) is 4.12. The van der Waals surface area contributed by atoms with Gasteiger partial charge in [0.1, 0.15) is 0 Å². The first-order valence-corrected chi connectivity index (χ1v) is 9.97. The second-order valence-corrected chi connectivity index (χ2v) is 8.19. The number of hydrogen-bond acceptors (Lipinski definition) is 4. The van der Waals surface area contributed by atoms with E-state index in [-0.39, 0.29) is 12.5 Å². The molecule has 4 nitrogen and oxygen atoms in total. The number of benzene rings is 2. The molecule has 0 aliphatic heterocycles. The van der Waals surface area contributed by atoms with Crippen molar-refractivity contribution in [2.75, 3.05) is 17.2 Å². The summed E-state index contributed by atoms with van der Waals surface area (Å²) in [5.41, 5.74) is 4.38. The van der Waals surface area contributed by atoms with Crippen LogP contribution in [0.3, 0.4) is 0 Å². The van der Waals surface area contributed by atoms with Crippen LogP contribution in [0.2, 0.25) is 10.0 Å². The number of nitrogens with one attached hydrogen (secondary N) is 2. The summed E-state index contributed by atoms with van der Waals surface area (Å²) >= 11 is 13.4. The van der Waals surface area contributed by atoms with Crippen LogP contribution in [0.5, 0.6) is 0 Å². The Morgan fingerprint density at radius 1 is 1.07 bits per heavy atom. The Labute approximate surface area is 172 Å². The normalized spacial score (nSPS) is 10.7. The summed E-state index contributed by atoms with van der Waals surface area (Å²) in [7, 11) is 0. The van der Waals surface area contributed by atoms with Gasteiger partial charge in [0.2, 0.25) is 5.91 Å². The molecule has 27 heavy (non-hydrogen) atoms. The summed E-state index contributed by atoms with van der Waals surface area (Å²) in [6, 6.07) is 11.6. The molecule has 0 fully saturated rings. The molecule has 0 spiro atoms. The molecule has 1 amide bonds. The van der Waals surface area contributed by atoms with Gasteiger partial charge in [-0.05, 0) is 54.8 Å². The smallest absolute Gasteiger partial charge is 0.245 e. The molecule has 7 heteroatoms. The molecular weight excluding hydrogens is 401 g/mol. The van der Waals surface area contributed by atoms with Crippen molar-refractivity contribution in [3.63, 3.8) is 0 Å². The van der Waals surface area contributed by atoms with Crippen molar-refractivity contribution >= 4 is 51.3 Å². The van der Waals surface area contributed by atoms with Gasteiger partial charge in [-0.3, -0.25) is 4.79 Å². The van der Waals surface area contributed by atoms with E-state index in [0.29, 0.717) is 21.6 Å². The van der Waals surface area contributed by atoms with Crippen molar-refractivity contribution in [2.24, 2.45) is 0 Å². The number of rotatable bonds is 6. The summed E-state index contributed by atoms with van der Waals surface area (Å²) in [5, 5.41) is 7.60. The summed E-state index contributed by atoms with van der Waals surface area (Å²) in [6.07, 6.45) is 2.45. The van der Waals surface area contributed by atoms with Gasteiger partial charge in [-0.1, -0.05) is 35.3 Å². The van der Waals surface area contributed by atoms with Crippen LogP contribution < -0.4 is 10.6 Å². The molecule has 2 aromatic carbocycles. The molecule has 0 aliphatic rings. The highest BCUT2D eigenvalue weighted by molar-refractivity contribution is 7.15. The minimum Gasteiger partial charge on any atom is -0.376 e. The number of halogens is 2. The predicted octanol–water partition coefficient (Wildman–Crippen LogP) is 5.71. The van der Waals surface area contributed by atoms with Crippen molar-refractivity contribution in [3.05, 3.63) is 74.2 Å². The van der Waals surface area contributed by atoms with E-state index in [9.17, 15) is 4.79 Å². The van der Waals surface area contributed by atoms with Crippen LogP contribution in [0.4, 0.5) is 10.8 Å². The summed E-state index contributed by atoms with van der Waals surface area (Å²) < 4.78 is 0. The first kappa shape index (κ1) is 19.7. The molecule has 1 aromatic heterocycles. The number of nitrogens with zero attached hydrogens (tertiary/aromatic N) is 1. The van der Waals surface area contributed by atoms with Crippen molar-refractivity contribution in [1.29, 1.82) is 0 Å². The number of thiazole rings is 1. The lowest BCUT2D eigenvalue weighted by molar-refractivity contribution is -0.114. The van der Waals surface area contributed by atoms with E-state index >= 15 is 0 Å². The van der Waals surface area contributed by atoms with Gasteiger partial charge in [0.25, 0.3) is 0 Å². The van der Waals surface area contributed by atoms with E-state index in [1.807, 2.05) is 37.3 Å². The maximum Gasteiger partial charge on any atom is 0.245 e. The number of anilines is 2. The van der Waals surface area contributed by atoms with Gasteiger partial charge in [-0.15, -0.1) is 11.3 Å². The van der Waals surface area contributed by atoms with E-state index in [0.717, 1.165) is 16.1 Å². The lowest BCUT2D eigenvalue weighted by Gasteiger charge is -2.08. The number of aryl methyl sites for hydroxylation is 2. The van der Waals surface area contributed by atoms with Crippen LogP contribution in [0.15, 0.2) is 42.6 Å². The van der Waals surface area contributed by atoms with E-state index in [1.165, 1.54) is 22.5 Å². The largest absolute Gasteiger partial charge is 0.376 e. The molecule has 0 saturated heterocycles. The second kappa shape index (κ2) is 8.74. The van der Waals surface area contributed by atoms with Gasteiger partial charge in [-0.25, -0.2) is 4.98 Å². The molecule has 3 aromatic rings. The zero-order valence-corrected chi connectivity index (χ0v) is 17.3. The van der Waals surface area contributed by atoms with Gasteiger partial charge >= 0.3 is 0 Å². The minimum absolute atomic E-state index is 0.135. The van der Waals surface area contributed by atoms with E-state index in [2.05, 4.69) is 22.5 Å². The van der Waals surface area contributed by atoms with Crippen molar-refractivity contribution in [3.8, 4) is 0 Å². The molecule has 0 saturated carbocycles. The van der Waals surface area contributed by atoms with E-state index < -0.39 is 0 Å². The quantitative estimate of drug-likeness (QED) is 0.537. The number of carbonyl (C=O) groups excluding carboxylic acids is 1. The van der Waals surface area contributed by atoms with Gasteiger partial charge in [-0.2, -0.15) is 0 Å². The van der Waals surface area contributed by atoms with Gasteiger partial charge in [0.15, 0.2) is 5.13 Å². The number of amides is 1. The van der Waals surface area contributed by atoms with Gasteiger partial charge < -0.3 is 10.6 Å². The molecule has 2 N–H and O–H groups in total. The van der Waals surface area contributed by atoms with E-state index in [4.69, 9.17) is 23.2 Å². The maximum absolute atomic E-state index is 12.1. The molecule has 3 rings (SSSR count). The fourth-order valence-electron chi connectivity index (χ4n) is 2.49. The Balaban J connectivity index is 1.54. The van der Waals surface area contributed by atoms with Crippen molar-refractivity contribution in [2.45, 2.75) is 20.3 Å². The average molecular weight is 420 g/mol. The molecule has 0 aliphatic carbocycles. The third-order valence-corrected chi connectivity index (χ3v) is 5.77. The topological polar surface area (TPSA) is 54.0 Å². The van der Waals surface area contributed by atoms with Gasteiger partial charge in [0.05, 0.1) is 16.6 Å². The molecular formula is C20H19Cl2N3OS. The predicted molar refractivity (Wildman–Crippen MR) is 114 cm³/mol. The fourth-order valence-corrected chi connectivity index (χ4v) is 3.68. The minimum atomic E-state index is -0.135. The highest BCUT2D eigenvalue weighted by Gasteiger charge is 2.08. The van der Waals surface area contributed by atoms with Crippen molar-refractivity contribution < 1.29 is 4.79 Å². The molecule has 140 valence electrons. The zero-order valence-electron chi connectivity index (χ0n) is 15.0. The summed E-state index contributed by atoms with van der Waals surface area (Å²) in [5.74, 6) is -0.135. The first-order chi connectivity index (χ1) is 12.9.